The normalized spacial score (nSPS) is 15.3. The van der Waals surface area contributed by atoms with Gasteiger partial charge in [-0.15, -0.1) is 0 Å². The smallest absolute Gasteiger partial charge is 0.224 e. The minimum Gasteiger partial charge on any atom is -0.323 e. The molecule has 2 aromatic rings. The molecule has 0 aromatic heterocycles. The third kappa shape index (κ3) is 2.54. The lowest BCUT2D eigenvalue weighted by Gasteiger charge is -2.21. The second kappa shape index (κ2) is 5.30. The maximum atomic E-state index is 14.2. The van der Waals surface area contributed by atoms with Crippen LogP contribution in [0.15, 0.2) is 36.4 Å². The number of halogens is 1. The molecule has 0 saturated carbocycles. The monoisotopic (exact) mass is 284 g/mol. The fourth-order valence-corrected chi connectivity index (χ4v) is 2.77. The number of hydrogen-bond donors (Lipinski definition) is 2. The molecule has 3 N–H and O–H groups in total. The topological polar surface area (TPSA) is 55.1 Å². The summed E-state index contributed by atoms with van der Waals surface area (Å²) in [7, 11) is 0. The first kappa shape index (κ1) is 13.8. The fourth-order valence-electron chi connectivity index (χ4n) is 2.77. The number of hydrogen-bond acceptors (Lipinski definition) is 2. The highest BCUT2D eigenvalue weighted by atomic mass is 19.1. The van der Waals surface area contributed by atoms with Crippen LogP contribution in [-0.4, -0.2) is 5.91 Å². The van der Waals surface area contributed by atoms with Crippen molar-refractivity contribution in [2.24, 2.45) is 5.73 Å². The minimum atomic E-state index is -0.417. The van der Waals surface area contributed by atoms with Gasteiger partial charge in [0.15, 0.2) is 0 Å². The molecule has 1 atom stereocenters. The highest BCUT2D eigenvalue weighted by Gasteiger charge is 2.21. The molecule has 3 nitrogen and oxygen atoms in total. The fraction of sp³-hybridized carbons (Fsp3) is 0.235. The number of carbonyl (C=O) groups is 1. The average Bonchev–Trinajstić information content (AvgIpc) is 2.47. The largest absolute Gasteiger partial charge is 0.323 e. The summed E-state index contributed by atoms with van der Waals surface area (Å²) in [5, 5.41) is 2.59. The Bertz CT molecular complexity index is 712. The molecule has 3 rings (SSSR count). The summed E-state index contributed by atoms with van der Waals surface area (Å²) in [5.41, 5.74) is 10.2. The minimum absolute atomic E-state index is 0.141. The maximum absolute atomic E-state index is 14.2. The number of nitrogens with one attached hydrogen (secondary N) is 1. The van der Waals surface area contributed by atoms with Gasteiger partial charge in [-0.3, -0.25) is 4.79 Å². The first-order valence-electron chi connectivity index (χ1n) is 6.99. The summed E-state index contributed by atoms with van der Waals surface area (Å²) >= 11 is 0. The molecule has 1 amide bonds. The lowest BCUT2D eigenvalue weighted by Crippen LogP contribution is -2.21. The Balaban J connectivity index is 2.02. The van der Waals surface area contributed by atoms with Gasteiger partial charge in [-0.25, -0.2) is 4.39 Å². The molecule has 0 spiro atoms. The van der Waals surface area contributed by atoms with Crippen molar-refractivity contribution in [2.75, 3.05) is 5.32 Å². The molecule has 1 aliphatic rings. The second-order valence-electron chi connectivity index (χ2n) is 5.42. The quantitative estimate of drug-likeness (QED) is 0.890. The number of amides is 1. The maximum Gasteiger partial charge on any atom is 0.224 e. The summed E-state index contributed by atoms with van der Waals surface area (Å²) in [4.78, 5) is 11.4. The zero-order valence-corrected chi connectivity index (χ0v) is 11.8. The first-order valence-corrected chi connectivity index (χ1v) is 6.99. The summed E-state index contributed by atoms with van der Waals surface area (Å²) in [6.45, 7) is 1.99. The third-order valence-electron chi connectivity index (χ3n) is 3.96. The van der Waals surface area contributed by atoms with Gasteiger partial charge in [-0.05, 0) is 41.7 Å². The molecule has 4 heteroatoms. The molecule has 1 heterocycles. The molecular formula is C17H17FN2O. The van der Waals surface area contributed by atoms with Gasteiger partial charge < -0.3 is 11.1 Å². The lowest BCUT2D eigenvalue weighted by atomic mass is 9.92. The molecule has 1 aliphatic heterocycles. The molecule has 0 fully saturated rings. The lowest BCUT2D eigenvalue weighted by molar-refractivity contribution is -0.116. The van der Waals surface area contributed by atoms with Crippen LogP contribution in [0.4, 0.5) is 10.1 Å². The number of rotatable bonds is 2. The van der Waals surface area contributed by atoms with Crippen molar-refractivity contribution >= 4 is 11.6 Å². The highest BCUT2D eigenvalue weighted by Crippen LogP contribution is 2.31. The van der Waals surface area contributed by atoms with Gasteiger partial charge in [0.25, 0.3) is 0 Å². The number of carbonyl (C=O) groups excluding carboxylic acids is 1. The van der Waals surface area contributed by atoms with E-state index in [2.05, 4.69) is 5.32 Å². The van der Waals surface area contributed by atoms with Gasteiger partial charge in [0, 0.05) is 6.42 Å². The Kier molecular flexibility index (Phi) is 3.47. The molecule has 0 bridgehead atoms. The van der Waals surface area contributed by atoms with Crippen LogP contribution >= 0.6 is 0 Å². The highest BCUT2D eigenvalue weighted by molar-refractivity contribution is 5.94. The Morgan fingerprint density at radius 1 is 1.24 bits per heavy atom. The Labute approximate surface area is 123 Å². The van der Waals surface area contributed by atoms with Crippen molar-refractivity contribution in [3.05, 3.63) is 64.5 Å². The molecule has 1 unspecified atom stereocenters. The predicted octanol–water partition coefficient (Wildman–Crippen LogP) is 3.07. The van der Waals surface area contributed by atoms with Crippen LogP contribution < -0.4 is 11.1 Å². The Hall–Kier alpha value is -2.20. The van der Waals surface area contributed by atoms with Crippen LogP contribution in [0.2, 0.25) is 0 Å². The van der Waals surface area contributed by atoms with Crippen molar-refractivity contribution in [3.8, 4) is 0 Å². The van der Waals surface area contributed by atoms with Crippen LogP contribution in [0.25, 0.3) is 0 Å². The van der Waals surface area contributed by atoms with E-state index in [1.165, 1.54) is 6.07 Å². The van der Waals surface area contributed by atoms with Crippen LogP contribution in [-0.2, 0) is 11.2 Å². The zero-order valence-electron chi connectivity index (χ0n) is 11.8. The van der Waals surface area contributed by atoms with Gasteiger partial charge in [0.1, 0.15) is 5.82 Å². The zero-order chi connectivity index (χ0) is 15.0. The van der Waals surface area contributed by atoms with Crippen LogP contribution in [0.5, 0.6) is 0 Å². The molecule has 108 valence electrons. The number of benzene rings is 2. The Morgan fingerprint density at radius 3 is 2.76 bits per heavy atom. The number of aryl methyl sites for hydroxylation is 2. The predicted molar refractivity (Wildman–Crippen MR) is 80.6 cm³/mol. The van der Waals surface area contributed by atoms with Crippen molar-refractivity contribution in [1.82, 2.24) is 0 Å². The van der Waals surface area contributed by atoms with E-state index in [1.54, 1.807) is 0 Å². The first-order chi connectivity index (χ1) is 10.1. The standard InChI is InChI=1S/C17H17FN2O/c1-10-4-2-3-5-13(10)16(19)12-8-11-6-7-15(21)20-17(11)14(18)9-12/h2-5,8-9,16H,6-7,19H2,1H3,(H,20,21). The van der Waals surface area contributed by atoms with Gasteiger partial charge >= 0.3 is 0 Å². The van der Waals surface area contributed by atoms with E-state index in [9.17, 15) is 9.18 Å². The number of anilines is 1. The van der Waals surface area contributed by atoms with E-state index in [0.29, 0.717) is 18.5 Å². The van der Waals surface area contributed by atoms with E-state index < -0.39 is 5.82 Å². The van der Waals surface area contributed by atoms with Crippen molar-refractivity contribution in [2.45, 2.75) is 25.8 Å². The van der Waals surface area contributed by atoms with E-state index in [0.717, 1.165) is 22.3 Å². The molecule has 2 aromatic carbocycles. The van der Waals surface area contributed by atoms with Crippen LogP contribution in [0.1, 0.15) is 34.7 Å². The van der Waals surface area contributed by atoms with Gasteiger partial charge in [0.2, 0.25) is 5.91 Å². The van der Waals surface area contributed by atoms with E-state index in [4.69, 9.17) is 5.73 Å². The van der Waals surface area contributed by atoms with Crippen molar-refractivity contribution < 1.29 is 9.18 Å². The summed E-state index contributed by atoms with van der Waals surface area (Å²) in [6, 6.07) is 10.8. The second-order valence-corrected chi connectivity index (χ2v) is 5.42. The molecule has 0 saturated heterocycles. The van der Waals surface area contributed by atoms with Gasteiger partial charge in [-0.2, -0.15) is 0 Å². The summed E-state index contributed by atoms with van der Waals surface area (Å²) in [6.07, 6.45) is 0.932. The summed E-state index contributed by atoms with van der Waals surface area (Å²) < 4.78 is 14.2. The van der Waals surface area contributed by atoms with E-state index in [-0.39, 0.29) is 11.9 Å². The van der Waals surface area contributed by atoms with Crippen molar-refractivity contribution in [3.63, 3.8) is 0 Å². The molecule has 0 radical (unpaired) electrons. The van der Waals surface area contributed by atoms with Crippen LogP contribution in [0, 0.1) is 12.7 Å². The Morgan fingerprint density at radius 2 is 2.00 bits per heavy atom. The summed E-state index contributed by atoms with van der Waals surface area (Å²) in [5.74, 6) is -0.558. The van der Waals surface area contributed by atoms with Gasteiger partial charge in [0.05, 0.1) is 11.7 Å². The van der Waals surface area contributed by atoms with Gasteiger partial charge in [-0.1, -0.05) is 30.3 Å². The van der Waals surface area contributed by atoms with E-state index >= 15 is 0 Å². The van der Waals surface area contributed by atoms with Crippen molar-refractivity contribution in [1.29, 1.82) is 0 Å². The number of nitrogens with two attached hydrogens (primary N) is 1. The third-order valence-corrected chi connectivity index (χ3v) is 3.96. The number of fused-ring (bicyclic) bond motifs is 1. The average molecular weight is 284 g/mol. The van der Waals surface area contributed by atoms with Crippen LogP contribution in [0.3, 0.4) is 0 Å². The molecule has 21 heavy (non-hydrogen) atoms. The molecular weight excluding hydrogens is 267 g/mol. The SMILES string of the molecule is Cc1ccccc1C(N)c1cc(F)c2c(c1)CCC(=O)N2. The molecule has 0 aliphatic carbocycles. The van der Waals surface area contributed by atoms with E-state index in [1.807, 2.05) is 37.3 Å².